The molecular weight excluding hydrogens is 432 g/mol. The van der Waals surface area contributed by atoms with E-state index in [1.54, 1.807) is 4.57 Å². The topological polar surface area (TPSA) is 79.8 Å². The lowest BCUT2D eigenvalue weighted by Gasteiger charge is -2.12. The number of amides is 1. The number of aryl methyl sites for hydroxylation is 1. The van der Waals surface area contributed by atoms with Gasteiger partial charge < -0.3 is 10.3 Å². The second kappa shape index (κ2) is 10.5. The van der Waals surface area contributed by atoms with Gasteiger partial charge in [0.1, 0.15) is 11.0 Å². The van der Waals surface area contributed by atoms with E-state index in [4.69, 9.17) is 4.98 Å². The lowest BCUT2D eigenvalue weighted by atomic mass is 10.1. The minimum Gasteiger partial charge on any atom is -0.355 e. The monoisotopic (exact) mass is 460 g/mol. The number of aromatic nitrogens is 3. The molecule has 1 amide bonds. The Morgan fingerprint density at radius 1 is 1.12 bits per heavy atom. The summed E-state index contributed by atoms with van der Waals surface area (Å²) >= 11 is 1.31. The minimum atomic E-state index is -0.0989. The quantitative estimate of drug-likeness (QED) is 0.275. The van der Waals surface area contributed by atoms with Gasteiger partial charge in [0.2, 0.25) is 5.91 Å². The van der Waals surface area contributed by atoms with E-state index in [-0.39, 0.29) is 17.2 Å². The number of benzene rings is 2. The third kappa shape index (κ3) is 5.37. The summed E-state index contributed by atoms with van der Waals surface area (Å²) in [5.74, 6) is 0.107. The van der Waals surface area contributed by atoms with Crippen LogP contribution < -0.4 is 10.9 Å². The molecule has 0 saturated heterocycles. The van der Waals surface area contributed by atoms with Crippen LogP contribution in [0, 0.1) is 6.92 Å². The van der Waals surface area contributed by atoms with Crippen molar-refractivity contribution in [1.29, 1.82) is 0 Å². The zero-order valence-corrected chi connectivity index (χ0v) is 19.7. The predicted octanol–water partition coefficient (Wildman–Crippen LogP) is 4.91. The molecule has 0 bridgehead atoms. The molecule has 2 heterocycles. The van der Waals surface area contributed by atoms with E-state index in [0.29, 0.717) is 29.3 Å². The summed E-state index contributed by atoms with van der Waals surface area (Å²) in [5.41, 5.74) is 5.16. The molecule has 2 aromatic heterocycles. The lowest BCUT2D eigenvalue weighted by Crippen LogP contribution is -2.27. The van der Waals surface area contributed by atoms with Gasteiger partial charge in [-0.05, 0) is 24.5 Å². The van der Waals surface area contributed by atoms with Crippen LogP contribution in [0.15, 0.2) is 70.7 Å². The van der Waals surface area contributed by atoms with Crippen LogP contribution in [0.5, 0.6) is 0 Å². The minimum absolute atomic E-state index is 0.0886. The maximum atomic E-state index is 13.3. The van der Waals surface area contributed by atoms with E-state index < -0.39 is 0 Å². The number of nitrogens with one attached hydrogen (secondary N) is 2. The van der Waals surface area contributed by atoms with Crippen LogP contribution in [-0.2, 0) is 17.9 Å². The fourth-order valence-electron chi connectivity index (χ4n) is 3.62. The van der Waals surface area contributed by atoms with Crippen LogP contribution in [0.3, 0.4) is 0 Å². The van der Waals surface area contributed by atoms with E-state index in [1.165, 1.54) is 17.3 Å². The van der Waals surface area contributed by atoms with Gasteiger partial charge in [0.05, 0.1) is 5.75 Å². The predicted molar refractivity (Wildman–Crippen MR) is 134 cm³/mol. The van der Waals surface area contributed by atoms with Crippen LogP contribution in [0.25, 0.3) is 22.2 Å². The van der Waals surface area contributed by atoms with E-state index >= 15 is 0 Å². The average Bonchev–Trinajstić information content (AvgIpc) is 3.26. The molecule has 0 aliphatic rings. The Labute approximate surface area is 197 Å². The van der Waals surface area contributed by atoms with Crippen molar-refractivity contribution in [3.05, 3.63) is 82.3 Å². The van der Waals surface area contributed by atoms with E-state index in [9.17, 15) is 9.59 Å². The molecule has 0 atom stereocenters. The number of fused-ring (bicyclic) bond motifs is 1. The second-order valence-corrected chi connectivity index (χ2v) is 8.99. The first-order valence-corrected chi connectivity index (χ1v) is 12.2. The van der Waals surface area contributed by atoms with Crippen molar-refractivity contribution in [2.45, 2.75) is 44.9 Å². The van der Waals surface area contributed by atoms with Gasteiger partial charge in [-0.1, -0.05) is 85.3 Å². The van der Waals surface area contributed by atoms with Gasteiger partial charge in [0.25, 0.3) is 5.56 Å². The van der Waals surface area contributed by atoms with Crippen molar-refractivity contribution in [2.24, 2.45) is 0 Å². The molecule has 6 nitrogen and oxygen atoms in total. The largest absolute Gasteiger partial charge is 0.355 e. The Hall–Kier alpha value is -3.32. The number of thioether (sulfide) groups is 1. The molecule has 0 spiro atoms. The number of rotatable bonds is 9. The maximum Gasteiger partial charge on any atom is 0.278 e. The van der Waals surface area contributed by atoms with Crippen LogP contribution in [0.4, 0.5) is 0 Å². The second-order valence-electron chi connectivity index (χ2n) is 8.05. The maximum absolute atomic E-state index is 13.3. The fraction of sp³-hybridized carbons (Fsp3) is 0.269. The number of nitrogens with zero attached hydrogens (tertiary/aromatic N) is 2. The molecule has 33 heavy (non-hydrogen) atoms. The van der Waals surface area contributed by atoms with Crippen molar-refractivity contribution in [1.82, 2.24) is 19.9 Å². The van der Waals surface area contributed by atoms with Crippen molar-refractivity contribution >= 4 is 28.7 Å². The summed E-state index contributed by atoms with van der Waals surface area (Å²) in [5, 5.41) is 3.53. The Balaban J connectivity index is 1.57. The molecule has 4 rings (SSSR count). The zero-order chi connectivity index (χ0) is 23.2. The van der Waals surface area contributed by atoms with Crippen LogP contribution in [0.2, 0.25) is 0 Å². The van der Waals surface area contributed by atoms with Gasteiger partial charge in [-0.25, -0.2) is 4.98 Å². The molecule has 7 heteroatoms. The molecule has 2 N–H and O–H groups in total. The summed E-state index contributed by atoms with van der Waals surface area (Å²) in [7, 11) is 0. The van der Waals surface area contributed by atoms with Crippen LogP contribution >= 0.6 is 11.8 Å². The third-order valence-electron chi connectivity index (χ3n) is 5.51. The highest BCUT2D eigenvalue weighted by atomic mass is 32.2. The molecule has 170 valence electrons. The van der Waals surface area contributed by atoms with Gasteiger partial charge in [-0.15, -0.1) is 0 Å². The number of unbranched alkanes of at least 4 members (excludes halogenated alkanes) is 1. The van der Waals surface area contributed by atoms with E-state index in [0.717, 1.165) is 29.5 Å². The van der Waals surface area contributed by atoms with Crippen LogP contribution in [-0.4, -0.2) is 26.2 Å². The summed E-state index contributed by atoms with van der Waals surface area (Å²) in [6, 6.07) is 18.0. The van der Waals surface area contributed by atoms with Crippen molar-refractivity contribution in [3.63, 3.8) is 0 Å². The molecule has 0 radical (unpaired) electrons. The van der Waals surface area contributed by atoms with Gasteiger partial charge in [0, 0.05) is 24.8 Å². The average molecular weight is 461 g/mol. The Morgan fingerprint density at radius 3 is 2.61 bits per heavy atom. The van der Waals surface area contributed by atoms with Gasteiger partial charge in [-0.3, -0.25) is 14.2 Å². The smallest absolute Gasteiger partial charge is 0.278 e. The molecular formula is C26H28N4O2S. The number of hydrogen-bond donors (Lipinski definition) is 2. The van der Waals surface area contributed by atoms with Crippen molar-refractivity contribution in [3.8, 4) is 11.1 Å². The highest BCUT2D eigenvalue weighted by Crippen LogP contribution is 2.27. The first-order valence-electron chi connectivity index (χ1n) is 11.2. The molecule has 0 saturated carbocycles. The number of aromatic amines is 1. The summed E-state index contributed by atoms with van der Waals surface area (Å²) in [6.45, 7) is 5.18. The first kappa shape index (κ1) is 22.9. The number of hydrogen-bond acceptors (Lipinski definition) is 4. The third-order valence-corrected chi connectivity index (χ3v) is 6.49. The van der Waals surface area contributed by atoms with E-state index in [2.05, 4.69) is 17.2 Å². The van der Waals surface area contributed by atoms with Crippen molar-refractivity contribution < 1.29 is 4.79 Å². The molecule has 2 aromatic carbocycles. The highest BCUT2D eigenvalue weighted by Gasteiger charge is 2.17. The summed E-state index contributed by atoms with van der Waals surface area (Å²) in [6.07, 6.45) is 3.67. The summed E-state index contributed by atoms with van der Waals surface area (Å²) in [4.78, 5) is 33.7. The van der Waals surface area contributed by atoms with Crippen LogP contribution in [0.1, 0.15) is 30.9 Å². The molecule has 0 aliphatic heterocycles. The van der Waals surface area contributed by atoms with Crippen molar-refractivity contribution in [2.75, 3.05) is 5.75 Å². The molecule has 0 aliphatic carbocycles. The zero-order valence-electron chi connectivity index (χ0n) is 18.9. The standard InChI is InChI=1S/C26H28N4O2S/c1-3-4-14-30-25(32)24-23(21(16-28-24)20-8-6-5-7-9-20)29-26(30)33-17-22(31)27-15-19-12-10-18(2)11-13-19/h5-13,16,28H,3-4,14-15,17H2,1-2H3,(H,27,31). The molecule has 0 fully saturated rings. The van der Waals surface area contributed by atoms with E-state index in [1.807, 2.05) is 67.7 Å². The molecule has 0 unspecified atom stereocenters. The highest BCUT2D eigenvalue weighted by molar-refractivity contribution is 7.99. The Kier molecular flexibility index (Phi) is 7.29. The lowest BCUT2D eigenvalue weighted by molar-refractivity contribution is -0.118. The normalized spacial score (nSPS) is 11.1. The van der Waals surface area contributed by atoms with Gasteiger partial charge >= 0.3 is 0 Å². The number of H-pyrrole nitrogens is 1. The van der Waals surface area contributed by atoms with Gasteiger partial charge in [-0.2, -0.15) is 0 Å². The Bertz CT molecular complexity index is 1290. The van der Waals surface area contributed by atoms with Gasteiger partial charge in [0.15, 0.2) is 5.16 Å². The number of carbonyl (C=O) groups is 1. The molecule has 4 aromatic rings. The fourth-order valence-corrected chi connectivity index (χ4v) is 4.47. The number of carbonyl (C=O) groups excluding carboxylic acids is 1. The first-order chi connectivity index (χ1) is 16.1. The summed E-state index contributed by atoms with van der Waals surface area (Å²) < 4.78 is 1.69. The SMILES string of the molecule is CCCCn1c(SCC(=O)NCc2ccc(C)cc2)nc2c(-c3ccccc3)c[nH]c2c1=O. The Morgan fingerprint density at radius 2 is 1.88 bits per heavy atom.